The minimum atomic E-state index is -1.10. The molecule has 1 heterocycles. The topological polar surface area (TPSA) is 72.3 Å². The third kappa shape index (κ3) is 3.84. The molecule has 1 N–H and O–H groups in total. The normalized spacial score (nSPS) is 12.1. The van der Waals surface area contributed by atoms with Crippen LogP contribution < -0.4 is 4.74 Å². The first-order valence-corrected chi connectivity index (χ1v) is 5.31. The molecule has 0 fully saturated rings. The monoisotopic (exact) mass is 224 g/mol. The molecule has 1 rings (SSSR count). The quantitative estimate of drug-likeness (QED) is 0.800. The third-order valence-electron chi connectivity index (χ3n) is 2.13. The zero-order valence-electron chi connectivity index (χ0n) is 9.51. The summed E-state index contributed by atoms with van der Waals surface area (Å²) in [6.45, 7) is 4.73. The van der Waals surface area contributed by atoms with Crippen molar-refractivity contribution in [2.45, 2.75) is 26.7 Å². The number of nitrogens with zero attached hydrogens (tertiary/aromatic N) is 2. The Balaban J connectivity index is 2.54. The van der Waals surface area contributed by atoms with Crippen molar-refractivity contribution >= 4 is 5.97 Å². The van der Waals surface area contributed by atoms with Crippen LogP contribution in [-0.4, -0.2) is 27.7 Å². The number of rotatable bonds is 6. The first-order valence-electron chi connectivity index (χ1n) is 5.31. The Bertz CT molecular complexity index is 355. The molecule has 0 radical (unpaired) electrons. The molecule has 0 saturated heterocycles. The van der Waals surface area contributed by atoms with Gasteiger partial charge in [-0.2, -0.15) is 0 Å². The summed E-state index contributed by atoms with van der Waals surface area (Å²) in [5, 5.41) is 8.71. The maximum absolute atomic E-state index is 10.6. The summed E-state index contributed by atoms with van der Waals surface area (Å²) in [6, 6.07) is 0. The van der Waals surface area contributed by atoms with Gasteiger partial charge in [-0.3, -0.25) is 4.98 Å². The third-order valence-corrected chi connectivity index (χ3v) is 2.13. The van der Waals surface area contributed by atoms with E-state index in [9.17, 15) is 4.79 Å². The van der Waals surface area contributed by atoms with Gasteiger partial charge in [-0.05, 0) is 12.3 Å². The average Bonchev–Trinajstić information content (AvgIpc) is 2.27. The Morgan fingerprint density at radius 1 is 1.56 bits per heavy atom. The predicted octanol–water partition coefficient (Wildman–Crippen LogP) is 1.99. The number of carboxylic acids is 1. The summed E-state index contributed by atoms with van der Waals surface area (Å²) >= 11 is 0. The number of carbonyl (C=O) groups is 1. The van der Waals surface area contributed by atoms with E-state index in [1.165, 1.54) is 12.4 Å². The van der Waals surface area contributed by atoms with Crippen molar-refractivity contribution in [1.82, 2.24) is 9.97 Å². The van der Waals surface area contributed by atoms with Crippen LogP contribution in [0.1, 0.15) is 37.2 Å². The second-order valence-corrected chi connectivity index (χ2v) is 3.75. The van der Waals surface area contributed by atoms with Gasteiger partial charge >= 0.3 is 5.97 Å². The van der Waals surface area contributed by atoms with Crippen LogP contribution in [0, 0.1) is 5.92 Å². The number of aromatic nitrogens is 2. The van der Waals surface area contributed by atoms with Gasteiger partial charge in [0.25, 0.3) is 0 Å². The molecule has 0 saturated carbocycles. The van der Waals surface area contributed by atoms with Gasteiger partial charge in [-0.25, -0.2) is 9.78 Å². The Morgan fingerprint density at radius 3 is 2.94 bits per heavy atom. The maximum atomic E-state index is 10.6. The van der Waals surface area contributed by atoms with Crippen LogP contribution in [0.2, 0.25) is 0 Å². The van der Waals surface area contributed by atoms with Crippen molar-refractivity contribution in [3.05, 3.63) is 18.1 Å². The van der Waals surface area contributed by atoms with E-state index in [0.717, 1.165) is 12.8 Å². The van der Waals surface area contributed by atoms with Crippen molar-refractivity contribution < 1.29 is 14.6 Å². The van der Waals surface area contributed by atoms with Crippen molar-refractivity contribution in [2.75, 3.05) is 6.61 Å². The van der Waals surface area contributed by atoms with Crippen LogP contribution in [-0.2, 0) is 0 Å². The lowest BCUT2D eigenvalue weighted by Crippen LogP contribution is -2.10. The molecule has 16 heavy (non-hydrogen) atoms. The number of hydrogen-bond donors (Lipinski definition) is 1. The number of aromatic carboxylic acids is 1. The molecule has 5 heteroatoms. The Hall–Kier alpha value is -1.65. The van der Waals surface area contributed by atoms with E-state index < -0.39 is 5.97 Å². The van der Waals surface area contributed by atoms with E-state index in [0.29, 0.717) is 12.5 Å². The molecule has 1 atom stereocenters. The van der Waals surface area contributed by atoms with Crippen LogP contribution >= 0.6 is 0 Å². The van der Waals surface area contributed by atoms with E-state index >= 15 is 0 Å². The van der Waals surface area contributed by atoms with E-state index in [-0.39, 0.29) is 11.6 Å². The number of carboxylic acid groups (broad SMARTS) is 1. The molecule has 88 valence electrons. The highest BCUT2D eigenvalue weighted by atomic mass is 16.5. The van der Waals surface area contributed by atoms with Crippen molar-refractivity contribution in [3.8, 4) is 5.88 Å². The van der Waals surface area contributed by atoms with Gasteiger partial charge in [0.1, 0.15) is 0 Å². The van der Waals surface area contributed by atoms with E-state index in [1.807, 2.05) is 0 Å². The fourth-order valence-corrected chi connectivity index (χ4v) is 1.32. The second-order valence-electron chi connectivity index (χ2n) is 3.75. The van der Waals surface area contributed by atoms with Gasteiger partial charge < -0.3 is 9.84 Å². The lowest BCUT2D eigenvalue weighted by Gasteiger charge is -2.10. The lowest BCUT2D eigenvalue weighted by atomic mass is 10.1. The lowest BCUT2D eigenvalue weighted by molar-refractivity contribution is 0.0688. The molecule has 0 aliphatic rings. The first-order chi connectivity index (χ1) is 7.63. The number of ether oxygens (including phenoxy) is 1. The SMILES string of the molecule is CCCC(C)COc1cncc(C(=O)O)n1. The minimum absolute atomic E-state index is 0.0966. The Morgan fingerprint density at radius 2 is 2.31 bits per heavy atom. The molecular formula is C11H16N2O3. The number of hydrogen-bond acceptors (Lipinski definition) is 4. The smallest absolute Gasteiger partial charge is 0.356 e. The van der Waals surface area contributed by atoms with Gasteiger partial charge in [0, 0.05) is 0 Å². The summed E-state index contributed by atoms with van der Waals surface area (Å²) in [7, 11) is 0. The van der Waals surface area contributed by atoms with Crippen LogP contribution in [0.4, 0.5) is 0 Å². The van der Waals surface area contributed by atoms with E-state index in [1.54, 1.807) is 0 Å². The fourth-order valence-electron chi connectivity index (χ4n) is 1.32. The van der Waals surface area contributed by atoms with Gasteiger partial charge in [-0.1, -0.05) is 20.3 Å². The first kappa shape index (κ1) is 12.4. The Kier molecular flexibility index (Phi) is 4.69. The molecular weight excluding hydrogens is 208 g/mol. The highest BCUT2D eigenvalue weighted by Crippen LogP contribution is 2.10. The molecule has 1 aromatic heterocycles. The zero-order chi connectivity index (χ0) is 12.0. The minimum Gasteiger partial charge on any atom is -0.476 e. The van der Waals surface area contributed by atoms with Gasteiger partial charge in [0.2, 0.25) is 5.88 Å². The summed E-state index contributed by atoms with van der Waals surface area (Å²) < 4.78 is 5.37. The molecule has 1 aromatic rings. The van der Waals surface area contributed by atoms with E-state index in [4.69, 9.17) is 9.84 Å². The second kappa shape index (κ2) is 6.05. The molecule has 0 aromatic carbocycles. The van der Waals surface area contributed by atoms with Crippen LogP contribution in [0.25, 0.3) is 0 Å². The van der Waals surface area contributed by atoms with Gasteiger partial charge in [-0.15, -0.1) is 0 Å². The van der Waals surface area contributed by atoms with Crippen LogP contribution in [0.5, 0.6) is 5.88 Å². The fraction of sp³-hybridized carbons (Fsp3) is 0.545. The molecule has 0 amide bonds. The van der Waals surface area contributed by atoms with Gasteiger partial charge in [0.05, 0.1) is 19.0 Å². The van der Waals surface area contributed by atoms with Crippen molar-refractivity contribution in [2.24, 2.45) is 5.92 Å². The van der Waals surface area contributed by atoms with Crippen molar-refractivity contribution in [1.29, 1.82) is 0 Å². The zero-order valence-corrected chi connectivity index (χ0v) is 9.51. The summed E-state index contributed by atoms with van der Waals surface area (Å²) in [5.41, 5.74) is -0.0966. The molecule has 0 aliphatic heterocycles. The van der Waals surface area contributed by atoms with Gasteiger partial charge in [0.15, 0.2) is 5.69 Å². The largest absolute Gasteiger partial charge is 0.476 e. The molecule has 5 nitrogen and oxygen atoms in total. The van der Waals surface area contributed by atoms with Crippen molar-refractivity contribution in [3.63, 3.8) is 0 Å². The maximum Gasteiger partial charge on any atom is 0.356 e. The summed E-state index contributed by atoms with van der Waals surface area (Å²) in [5.74, 6) is -0.400. The molecule has 1 unspecified atom stereocenters. The summed E-state index contributed by atoms with van der Waals surface area (Å²) in [6.07, 6.45) is 4.80. The predicted molar refractivity (Wildman–Crippen MR) is 58.6 cm³/mol. The highest BCUT2D eigenvalue weighted by Gasteiger charge is 2.08. The standard InChI is InChI=1S/C11H16N2O3/c1-3-4-8(2)7-16-10-6-12-5-9(13-10)11(14)15/h5-6,8H,3-4,7H2,1-2H3,(H,14,15). The average molecular weight is 224 g/mol. The van der Waals surface area contributed by atoms with Crippen LogP contribution in [0.15, 0.2) is 12.4 Å². The van der Waals surface area contributed by atoms with Crippen LogP contribution in [0.3, 0.4) is 0 Å². The van der Waals surface area contributed by atoms with E-state index in [2.05, 4.69) is 23.8 Å². The molecule has 0 bridgehead atoms. The Labute approximate surface area is 94.5 Å². The summed E-state index contributed by atoms with van der Waals surface area (Å²) in [4.78, 5) is 18.2. The molecule has 0 aliphatic carbocycles. The molecule has 0 spiro atoms. The highest BCUT2D eigenvalue weighted by molar-refractivity contribution is 5.84.